The number of aliphatic carboxylic acids is 1. The summed E-state index contributed by atoms with van der Waals surface area (Å²) in [5, 5.41) is 14.9. The van der Waals surface area contributed by atoms with E-state index in [1.807, 2.05) is 0 Å². The van der Waals surface area contributed by atoms with Gasteiger partial charge in [-0.3, -0.25) is 0 Å². The number of carboxylic acid groups (broad SMARTS) is 1. The number of carboxylic acids is 1. The molecule has 0 atom stereocenters. The van der Waals surface area contributed by atoms with Crippen LogP contribution in [0, 0.1) is 11.3 Å². The minimum Gasteiger partial charge on any atom is -0.478 e. The summed E-state index contributed by atoms with van der Waals surface area (Å²) < 4.78 is 0. The first-order chi connectivity index (χ1) is 3.68. The minimum absolute atomic E-state index is 0. The van der Waals surface area contributed by atoms with Crippen LogP contribution in [0.2, 0.25) is 0 Å². The second kappa shape index (κ2) is 15.8. The van der Waals surface area contributed by atoms with E-state index in [2.05, 4.69) is 6.58 Å². The van der Waals surface area contributed by atoms with Gasteiger partial charge in [0.15, 0.2) is 0 Å². The van der Waals surface area contributed by atoms with Gasteiger partial charge in [-0.15, -0.1) is 12.4 Å². The van der Waals surface area contributed by atoms with Gasteiger partial charge in [-0.05, 0) is 0 Å². The first kappa shape index (κ1) is 15.7. The predicted molar refractivity (Wildman–Crippen MR) is 36.4 cm³/mol. The molecule has 0 bridgehead atoms. The van der Waals surface area contributed by atoms with Crippen LogP contribution in [-0.4, -0.2) is 11.1 Å². The SMILES string of the molecule is C=CC(=O)O.CC#N.Cl. The molecular weight excluding hydrogens is 142 g/mol. The van der Waals surface area contributed by atoms with Gasteiger partial charge < -0.3 is 5.11 Å². The van der Waals surface area contributed by atoms with E-state index in [-0.39, 0.29) is 12.4 Å². The highest BCUT2D eigenvalue weighted by Crippen LogP contribution is 1.54. The molecule has 3 nitrogen and oxygen atoms in total. The number of rotatable bonds is 1. The van der Waals surface area contributed by atoms with Crippen LogP contribution in [0.15, 0.2) is 12.7 Å². The van der Waals surface area contributed by atoms with Crippen molar-refractivity contribution in [3.05, 3.63) is 12.7 Å². The molecule has 0 fully saturated rings. The van der Waals surface area contributed by atoms with Crippen LogP contribution in [0.4, 0.5) is 0 Å². The van der Waals surface area contributed by atoms with E-state index in [9.17, 15) is 4.79 Å². The maximum absolute atomic E-state index is 9.25. The van der Waals surface area contributed by atoms with Gasteiger partial charge in [0.05, 0.1) is 6.07 Å². The third kappa shape index (κ3) is 178. The molecule has 0 aromatic heterocycles. The zero-order valence-electron chi connectivity index (χ0n) is 5.00. The lowest BCUT2D eigenvalue weighted by Crippen LogP contribution is -1.82. The fraction of sp³-hybridized carbons (Fsp3) is 0.200. The highest BCUT2D eigenvalue weighted by Gasteiger charge is 1.73. The Labute approximate surface area is 60.0 Å². The summed E-state index contributed by atoms with van der Waals surface area (Å²) >= 11 is 0. The fourth-order valence-electron chi connectivity index (χ4n) is 0. The zero-order valence-corrected chi connectivity index (χ0v) is 5.81. The van der Waals surface area contributed by atoms with Crippen molar-refractivity contribution in [1.82, 2.24) is 0 Å². The van der Waals surface area contributed by atoms with E-state index in [4.69, 9.17) is 10.4 Å². The van der Waals surface area contributed by atoms with E-state index in [0.29, 0.717) is 0 Å². The molecule has 0 saturated carbocycles. The molecule has 0 aliphatic rings. The Morgan fingerprint density at radius 3 is 2.00 bits per heavy atom. The molecule has 9 heavy (non-hydrogen) atoms. The first-order valence-electron chi connectivity index (χ1n) is 1.85. The van der Waals surface area contributed by atoms with Crippen molar-refractivity contribution in [1.29, 1.82) is 5.26 Å². The van der Waals surface area contributed by atoms with Crippen molar-refractivity contribution in [3.8, 4) is 6.07 Å². The van der Waals surface area contributed by atoms with Crippen LogP contribution >= 0.6 is 12.4 Å². The standard InChI is InChI=1S/C3H4O2.C2H3N.ClH/c1-2-3(4)5;1-2-3;/h2H,1H2,(H,4,5);1H3;1H. The Morgan fingerprint density at radius 1 is 1.89 bits per heavy atom. The molecule has 0 unspecified atom stereocenters. The van der Waals surface area contributed by atoms with Gasteiger partial charge >= 0.3 is 5.97 Å². The maximum atomic E-state index is 9.25. The van der Waals surface area contributed by atoms with Crippen molar-refractivity contribution in [2.45, 2.75) is 6.92 Å². The van der Waals surface area contributed by atoms with Crippen LogP contribution in [-0.2, 0) is 4.79 Å². The van der Waals surface area contributed by atoms with Crippen molar-refractivity contribution >= 4 is 18.4 Å². The third-order valence-electron chi connectivity index (χ3n) is 0.175. The Morgan fingerprint density at radius 2 is 2.00 bits per heavy atom. The number of halogens is 1. The molecule has 52 valence electrons. The molecule has 0 aliphatic carbocycles. The minimum atomic E-state index is -0.981. The summed E-state index contributed by atoms with van der Waals surface area (Å²) in [4.78, 5) is 9.25. The smallest absolute Gasteiger partial charge is 0.327 e. The lowest BCUT2D eigenvalue weighted by molar-refractivity contribution is -0.131. The van der Waals surface area contributed by atoms with Gasteiger partial charge in [-0.2, -0.15) is 5.26 Å². The maximum Gasteiger partial charge on any atom is 0.327 e. The van der Waals surface area contributed by atoms with E-state index in [1.54, 1.807) is 6.07 Å². The molecule has 0 radical (unpaired) electrons. The Bertz CT molecular complexity index is 117. The van der Waals surface area contributed by atoms with Crippen LogP contribution in [0.1, 0.15) is 6.92 Å². The lowest BCUT2D eigenvalue weighted by atomic mass is 10.7. The average Bonchev–Trinajstić information content (AvgIpc) is 1.69. The summed E-state index contributed by atoms with van der Waals surface area (Å²) in [5.41, 5.74) is 0. The lowest BCUT2D eigenvalue weighted by Gasteiger charge is -1.64. The summed E-state index contributed by atoms with van der Waals surface area (Å²) in [5.74, 6) is -0.981. The summed E-state index contributed by atoms with van der Waals surface area (Å²) in [6.07, 6.45) is 0.833. The first-order valence-corrected chi connectivity index (χ1v) is 1.85. The molecule has 0 aliphatic heterocycles. The number of carbonyl (C=O) groups is 1. The normalized spacial score (nSPS) is 4.44. The highest BCUT2D eigenvalue weighted by molar-refractivity contribution is 5.85. The van der Waals surface area contributed by atoms with Gasteiger partial charge in [0.2, 0.25) is 0 Å². The van der Waals surface area contributed by atoms with E-state index in [0.717, 1.165) is 6.08 Å². The van der Waals surface area contributed by atoms with Crippen molar-refractivity contribution < 1.29 is 9.90 Å². The van der Waals surface area contributed by atoms with E-state index >= 15 is 0 Å². The molecule has 0 aromatic rings. The molecule has 0 aromatic carbocycles. The highest BCUT2D eigenvalue weighted by atomic mass is 35.5. The molecule has 0 saturated heterocycles. The van der Waals surface area contributed by atoms with E-state index in [1.165, 1.54) is 6.92 Å². The Kier molecular flexibility index (Phi) is 27.4. The van der Waals surface area contributed by atoms with Crippen LogP contribution in [0.3, 0.4) is 0 Å². The molecule has 0 amide bonds. The number of nitrogens with zero attached hydrogens (tertiary/aromatic N) is 1. The van der Waals surface area contributed by atoms with Crippen LogP contribution in [0.5, 0.6) is 0 Å². The average molecular weight is 150 g/mol. The summed E-state index contributed by atoms with van der Waals surface area (Å²) in [6, 6.07) is 1.75. The predicted octanol–water partition coefficient (Wildman–Crippen LogP) is 1.21. The van der Waals surface area contributed by atoms with Crippen molar-refractivity contribution in [2.24, 2.45) is 0 Å². The number of hydrogen-bond donors (Lipinski definition) is 1. The molecular formula is C5H8ClNO2. The van der Waals surface area contributed by atoms with E-state index < -0.39 is 5.97 Å². The second-order valence-corrected chi connectivity index (χ2v) is 0.766. The second-order valence-electron chi connectivity index (χ2n) is 0.766. The number of hydrogen-bond acceptors (Lipinski definition) is 2. The van der Waals surface area contributed by atoms with Gasteiger partial charge in [0.1, 0.15) is 0 Å². The molecule has 4 heteroatoms. The van der Waals surface area contributed by atoms with Gasteiger partial charge in [-0.1, -0.05) is 6.58 Å². The molecule has 0 rings (SSSR count). The Balaban J connectivity index is -0.0000000800. The molecule has 0 spiro atoms. The van der Waals surface area contributed by atoms with Gasteiger partial charge in [0, 0.05) is 13.0 Å². The fourth-order valence-corrected chi connectivity index (χ4v) is 0. The number of nitriles is 1. The topological polar surface area (TPSA) is 61.1 Å². The summed E-state index contributed by atoms with van der Waals surface area (Å²) in [6.45, 7) is 4.39. The van der Waals surface area contributed by atoms with Crippen molar-refractivity contribution in [3.63, 3.8) is 0 Å². The van der Waals surface area contributed by atoms with Crippen molar-refractivity contribution in [2.75, 3.05) is 0 Å². The quantitative estimate of drug-likeness (QED) is 0.570. The zero-order chi connectivity index (χ0) is 6.99. The van der Waals surface area contributed by atoms with Gasteiger partial charge in [-0.25, -0.2) is 4.79 Å². The largest absolute Gasteiger partial charge is 0.478 e. The molecule has 1 N–H and O–H groups in total. The van der Waals surface area contributed by atoms with Crippen LogP contribution in [0.25, 0.3) is 0 Å². The third-order valence-corrected chi connectivity index (χ3v) is 0.175. The summed E-state index contributed by atoms with van der Waals surface area (Å²) in [7, 11) is 0. The molecule has 0 heterocycles. The monoisotopic (exact) mass is 149 g/mol. The Hall–Kier alpha value is -1.01. The van der Waals surface area contributed by atoms with Crippen LogP contribution < -0.4 is 0 Å². The van der Waals surface area contributed by atoms with Gasteiger partial charge in [0.25, 0.3) is 0 Å².